The van der Waals surface area contributed by atoms with Crippen molar-refractivity contribution in [1.82, 2.24) is 4.98 Å². The summed E-state index contributed by atoms with van der Waals surface area (Å²) in [4.78, 5) is 3.86. The van der Waals surface area contributed by atoms with Crippen molar-refractivity contribution in [2.45, 2.75) is 19.8 Å². The van der Waals surface area contributed by atoms with Crippen LogP contribution >= 0.6 is 0 Å². The first-order valence-electron chi connectivity index (χ1n) is 3.97. The van der Waals surface area contributed by atoms with Crippen LogP contribution in [0, 0.1) is 18.3 Å². The Kier molecular flexibility index (Phi) is 2.97. The minimum atomic E-state index is -2.69. The van der Waals surface area contributed by atoms with Crippen molar-refractivity contribution in [1.29, 1.82) is 5.26 Å². The summed E-state index contributed by atoms with van der Waals surface area (Å²) in [5.41, 5.74) is 5.71. The number of anilines is 1. The van der Waals surface area contributed by atoms with Crippen molar-refractivity contribution in [2.75, 3.05) is 5.73 Å². The molecule has 0 amide bonds. The highest BCUT2D eigenvalue weighted by Gasteiger charge is 2.18. The molecule has 0 aliphatic heterocycles. The number of nitrogens with two attached hydrogens (primary N) is 1. The van der Waals surface area contributed by atoms with Crippen molar-refractivity contribution in [2.24, 2.45) is 0 Å². The van der Waals surface area contributed by atoms with Gasteiger partial charge in [0.15, 0.2) is 0 Å². The molecule has 0 unspecified atom stereocenters. The van der Waals surface area contributed by atoms with Gasteiger partial charge >= 0.3 is 0 Å². The number of hydrogen-bond acceptors (Lipinski definition) is 3. The number of aromatic nitrogens is 1. The van der Waals surface area contributed by atoms with Gasteiger partial charge in [-0.1, -0.05) is 0 Å². The molecule has 1 rings (SSSR count). The maximum absolute atomic E-state index is 12.5. The molecule has 5 heteroatoms. The van der Waals surface area contributed by atoms with E-state index in [-0.39, 0.29) is 23.4 Å². The zero-order valence-corrected chi connectivity index (χ0v) is 7.59. The van der Waals surface area contributed by atoms with Crippen LogP contribution in [-0.4, -0.2) is 4.98 Å². The molecule has 3 nitrogen and oxygen atoms in total. The van der Waals surface area contributed by atoms with Gasteiger partial charge in [0.05, 0.1) is 23.7 Å². The Morgan fingerprint density at radius 2 is 2.29 bits per heavy atom. The van der Waals surface area contributed by atoms with E-state index in [1.54, 1.807) is 13.0 Å². The Labute approximate surface area is 80.2 Å². The molecule has 14 heavy (non-hydrogen) atoms. The first-order chi connectivity index (χ1) is 6.56. The van der Waals surface area contributed by atoms with Gasteiger partial charge in [0.25, 0.3) is 6.43 Å². The van der Waals surface area contributed by atoms with Crippen LogP contribution in [0.15, 0.2) is 6.07 Å². The monoisotopic (exact) mass is 197 g/mol. The van der Waals surface area contributed by atoms with Gasteiger partial charge in [-0.25, -0.2) is 8.78 Å². The lowest BCUT2D eigenvalue weighted by atomic mass is 10.1. The Balaban J connectivity index is 3.30. The molecule has 74 valence electrons. The molecule has 0 aliphatic rings. The molecule has 0 spiro atoms. The van der Waals surface area contributed by atoms with Gasteiger partial charge in [0.1, 0.15) is 0 Å². The van der Waals surface area contributed by atoms with Gasteiger partial charge in [-0.2, -0.15) is 5.26 Å². The first-order valence-corrected chi connectivity index (χ1v) is 3.97. The van der Waals surface area contributed by atoms with Gasteiger partial charge in [-0.3, -0.25) is 4.98 Å². The van der Waals surface area contributed by atoms with Crippen molar-refractivity contribution < 1.29 is 8.78 Å². The van der Waals surface area contributed by atoms with E-state index in [9.17, 15) is 8.78 Å². The van der Waals surface area contributed by atoms with Gasteiger partial charge in [-0.15, -0.1) is 0 Å². The molecular formula is C9H9F2N3. The Morgan fingerprint density at radius 3 is 2.79 bits per heavy atom. The summed E-state index contributed by atoms with van der Waals surface area (Å²) < 4.78 is 25.0. The van der Waals surface area contributed by atoms with Crippen LogP contribution in [-0.2, 0) is 6.42 Å². The molecule has 2 N–H and O–H groups in total. The Morgan fingerprint density at radius 1 is 1.64 bits per heavy atom. The zero-order chi connectivity index (χ0) is 10.7. The summed E-state index contributed by atoms with van der Waals surface area (Å²) in [7, 11) is 0. The second-order valence-electron chi connectivity index (χ2n) is 2.85. The highest BCUT2D eigenvalue weighted by atomic mass is 19.3. The van der Waals surface area contributed by atoms with Gasteiger partial charge < -0.3 is 5.73 Å². The number of nitrogen functional groups attached to an aromatic ring is 1. The number of nitriles is 1. The highest BCUT2D eigenvalue weighted by molar-refractivity contribution is 5.51. The molecular weight excluding hydrogens is 188 g/mol. The van der Waals surface area contributed by atoms with Crippen molar-refractivity contribution >= 4 is 5.69 Å². The molecule has 1 aromatic rings. The zero-order valence-electron chi connectivity index (χ0n) is 7.59. The van der Waals surface area contributed by atoms with Crippen molar-refractivity contribution in [3.63, 3.8) is 0 Å². The number of halogens is 2. The van der Waals surface area contributed by atoms with Gasteiger partial charge in [-0.05, 0) is 13.0 Å². The minimum Gasteiger partial charge on any atom is -0.398 e. The van der Waals surface area contributed by atoms with Crippen LogP contribution in [0.5, 0.6) is 0 Å². The summed E-state index contributed by atoms with van der Waals surface area (Å²) in [5.74, 6) is 0. The Bertz CT molecular complexity index is 382. The quantitative estimate of drug-likeness (QED) is 0.788. The smallest absolute Gasteiger partial charge is 0.267 e. The Hall–Kier alpha value is -1.70. The highest BCUT2D eigenvalue weighted by Crippen LogP contribution is 2.28. The lowest BCUT2D eigenvalue weighted by Gasteiger charge is -2.09. The average Bonchev–Trinajstić information content (AvgIpc) is 2.01. The minimum absolute atomic E-state index is 0.00208. The number of hydrogen-bond donors (Lipinski definition) is 1. The normalized spacial score (nSPS) is 10.2. The standard InChI is InChI=1S/C9H9F2N3/c1-5-4-6(13)8(9(10)11)7(14-5)2-3-12/h4,9H,2H2,1H3,(H2,13,14). The fourth-order valence-corrected chi connectivity index (χ4v) is 1.24. The van der Waals surface area contributed by atoms with E-state index < -0.39 is 6.43 Å². The van der Waals surface area contributed by atoms with Crippen LogP contribution in [0.4, 0.5) is 14.5 Å². The molecule has 0 aromatic carbocycles. The second kappa shape index (κ2) is 4.01. The molecule has 0 saturated heterocycles. The number of rotatable bonds is 2. The summed E-state index contributed by atoms with van der Waals surface area (Å²) in [6.45, 7) is 1.65. The molecule has 1 aromatic heterocycles. The lowest BCUT2D eigenvalue weighted by Crippen LogP contribution is -2.04. The third-order valence-corrected chi connectivity index (χ3v) is 1.76. The van der Waals surface area contributed by atoms with E-state index in [1.807, 2.05) is 0 Å². The third-order valence-electron chi connectivity index (χ3n) is 1.76. The largest absolute Gasteiger partial charge is 0.398 e. The van der Waals surface area contributed by atoms with Crippen LogP contribution < -0.4 is 5.73 Å². The summed E-state index contributed by atoms with van der Waals surface area (Å²) in [6, 6.07) is 3.16. The molecule has 0 bridgehead atoms. The fourth-order valence-electron chi connectivity index (χ4n) is 1.24. The predicted octanol–water partition coefficient (Wildman–Crippen LogP) is 1.98. The maximum atomic E-state index is 12.5. The number of nitrogens with zero attached hydrogens (tertiary/aromatic N) is 2. The van der Waals surface area contributed by atoms with Gasteiger partial charge in [0, 0.05) is 11.4 Å². The first kappa shape index (κ1) is 10.4. The van der Waals surface area contributed by atoms with E-state index in [1.165, 1.54) is 6.07 Å². The van der Waals surface area contributed by atoms with Crippen LogP contribution in [0.2, 0.25) is 0 Å². The lowest BCUT2D eigenvalue weighted by molar-refractivity contribution is 0.150. The SMILES string of the molecule is Cc1cc(N)c(C(F)F)c(CC#N)n1. The topological polar surface area (TPSA) is 62.7 Å². The molecule has 0 radical (unpaired) electrons. The molecule has 0 aliphatic carbocycles. The fraction of sp³-hybridized carbons (Fsp3) is 0.333. The molecule has 0 fully saturated rings. The molecule has 0 atom stereocenters. The number of pyridine rings is 1. The summed E-state index contributed by atoms with van der Waals surface area (Å²) in [5, 5.41) is 8.43. The van der Waals surface area contributed by atoms with Crippen LogP contribution in [0.3, 0.4) is 0 Å². The number of aryl methyl sites for hydroxylation is 1. The van der Waals surface area contributed by atoms with E-state index in [2.05, 4.69) is 4.98 Å². The van der Waals surface area contributed by atoms with E-state index >= 15 is 0 Å². The molecule has 0 saturated carbocycles. The van der Waals surface area contributed by atoms with Gasteiger partial charge in [0.2, 0.25) is 0 Å². The summed E-state index contributed by atoms with van der Waals surface area (Å²) >= 11 is 0. The van der Waals surface area contributed by atoms with E-state index in [4.69, 9.17) is 11.0 Å². The maximum Gasteiger partial charge on any atom is 0.267 e. The molecule has 1 heterocycles. The summed E-state index contributed by atoms with van der Waals surface area (Å²) in [6.07, 6.45) is -2.84. The van der Waals surface area contributed by atoms with Crippen molar-refractivity contribution in [3.8, 4) is 6.07 Å². The van der Waals surface area contributed by atoms with E-state index in [0.717, 1.165) is 0 Å². The predicted molar refractivity (Wildman–Crippen MR) is 47.7 cm³/mol. The number of alkyl halides is 2. The second-order valence-corrected chi connectivity index (χ2v) is 2.85. The van der Waals surface area contributed by atoms with E-state index in [0.29, 0.717) is 5.69 Å². The van der Waals surface area contributed by atoms with Crippen LogP contribution in [0.25, 0.3) is 0 Å². The average molecular weight is 197 g/mol. The van der Waals surface area contributed by atoms with Crippen molar-refractivity contribution in [3.05, 3.63) is 23.0 Å². The van der Waals surface area contributed by atoms with Crippen LogP contribution in [0.1, 0.15) is 23.4 Å². The third kappa shape index (κ3) is 1.96.